The zero-order valence-corrected chi connectivity index (χ0v) is 13.8. The highest BCUT2D eigenvalue weighted by molar-refractivity contribution is 6.06. The minimum absolute atomic E-state index is 0.141. The van der Waals surface area contributed by atoms with Crippen molar-refractivity contribution < 1.29 is 41.0 Å². The van der Waals surface area contributed by atoms with Gasteiger partial charge in [-0.15, -0.1) is 0 Å². The number of aliphatic hydroxyl groups is 1. The van der Waals surface area contributed by atoms with Crippen molar-refractivity contribution >= 4 is 11.6 Å². The lowest BCUT2D eigenvalue weighted by Crippen LogP contribution is -2.34. The number of benzene rings is 1. The molecule has 5 nitrogen and oxygen atoms in total. The van der Waals surface area contributed by atoms with Crippen LogP contribution in [-0.4, -0.2) is 29.0 Å². The average molecular weight is 406 g/mol. The fourth-order valence-corrected chi connectivity index (χ4v) is 2.94. The van der Waals surface area contributed by atoms with E-state index in [4.69, 9.17) is 0 Å². The van der Waals surface area contributed by atoms with Crippen LogP contribution in [0.5, 0.6) is 5.88 Å². The van der Waals surface area contributed by atoms with Crippen LogP contribution in [0.15, 0.2) is 36.5 Å². The number of hydrogen-bond acceptors (Lipinski definition) is 4. The van der Waals surface area contributed by atoms with Crippen LogP contribution in [0.25, 0.3) is 0 Å². The number of halogens is 6. The fraction of sp³-hybridized carbons (Fsp3) is 0.294. The van der Waals surface area contributed by atoms with Gasteiger partial charge in [0, 0.05) is 12.3 Å². The molecule has 1 amide bonds. The van der Waals surface area contributed by atoms with Crippen molar-refractivity contribution in [3.05, 3.63) is 53.2 Å². The molecule has 0 aliphatic carbocycles. The minimum atomic E-state index is -4.14. The van der Waals surface area contributed by atoms with Crippen LogP contribution < -0.4 is 9.64 Å². The number of ether oxygens (including phenoxy) is 1. The highest BCUT2D eigenvalue weighted by atomic mass is 19.3. The van der Waals surface area contributed by atoms with Gasteiger partial charge in [-0.25, -0.2) is 13.8 Å². The molecule has 0 fully saturated rings. The number of amides is 1. The van der Waals surface area contributed by atoms with Gasteiger partial charge >= 0.3 is 18.4 Å². The van der Waals surface area contributed by atoms with Gasteiger partial charge in [0.2, 0.25) is 5.88 Å². The molecule has 1 aromatic heterocycles. The van der Waals surface area contributed by atoms with E-state index in [0.29, 0.717) is 4.90 Å². The second-order valence-electron chi connectivity index (χ2n) is 5.87. The van der Waals surface area contributed by atoms with E-state index in [1.165, 1.54) is 6.07 Å². The Morgan fingerprint density at radius 3 is 2.54 bits per heavy atom. The molecule has 1 N–H and O–H groups in total. The summed E-state index contributed by atoms with van der Waals surface area (Å²) in [4.78, 5) is 16.4. The summed E-state index contributed by atoms with van der Waals surface area (Å²) >= 11 is 0. The van der Waals surface area contributed by atoms with Gasteiger partial charge in [0.15, 0.2) is 0 Å². The van der Waals surface area contributed by atoms with E-state index < -0.39 is 54.5 Å². The zero-order chi connectivity index (χ0) is 20.6. The number of hydrogen-bond donors (Lipinski definition) is 1. The number of carbonyl (C=O) groups is 1. The average Bonchev–Trinajstić information content (AvgIpc) is 2.82. The van der Waals surface area contributed by atoms with E-state index in [1.54, 1.807) is 0 Å². The Morgan fingerprint density at radius 2 is 1.89 bits per heavy atom. The van der Waals surface area contributed by atoms with E-state index in [9.17, 15) is 36.2 Å². The molecule has 28 heavy (non-hydrogen) atoms. The van der Waals surface area contributed by atoms with Gasteiger partial charge in [-0.3, -0.25) is 4.79 Å². The summed E-state index contributed by atoms with van der Waals surface area (Å²) in [6.45, 7) is -3.63. The second-order valence-corrected chi connectivity index (χ2v) is 5.87. The molecule has 0 bridgehead atoms. The summed E-state index contributed by atoms with van der Waals surface area (Å²) < 4.78 is 83.5. The third-order valence-corrected chi connectivity index (χ3v) is 4.10. The Balaban J connectivity index is 2.00. The Labute approximate surface area is 154 Å². The molecular formula is C17H12F6N2O3. The van der Waals surface area contributed by atoms with Crippen LogP contribution in [0, 0.1) is 0 Å². The molecule has 150 valence electrons. The maximum atomic E-state index is 14.5. The molecular weight excluding hydrogens is 394 g/mol. The van der Waals surface area contributed by atoms with Crippen LogP contribution >= 0.6 is 0 Å². The molecule has 1 unspecified atom stereocenters. The van der Waals surface area contributed by atoms with E-state index >= 15 is 0 Å². The highest BCUT2D eigenvalue weighted by Gasteiger charge is 2.55. The first kappa shape index (κ1) is 19.9. The van der Waals surface area contributed by atoms with Crippen molar-refractivity contribution in [1.29, 1.82) is 0 Å². The maximum absolute atomic E-state index is 14.5. The number of fused-ring (bicyclic) bond motifs is 1. The third kappa shape index (κ3) is 3.49. The van der Waals surface area contributed by atoms with Gasteiger partial charge in [0.1, 0.15) is 6.10 Å². The highest BCUT2D eigenvalue weighted by Crippen LogP contribution is 2.48. The number of carbonyl (C=O) groups excluding carboxylic acids is 1. The van der Waals surface area contributed by atoms with Crippen molar-refractivity contribution in [1.82, 2.24) is 4.98 Å². The van der Waals surface area contributed by atoms with Gasteiger partial charge in [-0.05, 0) is 23.3 Å². The van der Waals surface area contributed by atoms with Crippen molar-refractivity contribution in [2.45, 2.75) is 31.6 Å². The number of aromatic nitrogens is 1. The quantitative estimate of drug-likeness (QED) is 0.745. The first-order valence-electron chi connectivity index (χ1n) is 7.82. The molecule has 0 radical (unpaired) electrons. The third-order valence-electron chi connectivity index (χ3n) is 4.10. The topological polar surface area (TPSA) is 62.7 Å². The summed E-state index contributed by atoms with van der Waals surface area (Å²) in [5.74, 6) is -6.31. The Kier molecular flexibility index (Phi) is 5.20. The van der Waals surface area contributed by atoms with Crippen molar-refractivity contribution in [2.75, 3.05) is 4.90 Å². The number of anilines is 1. The summed E-state index contributed by atoms with van der Waals surface area (Å²) in [6.07, 6.45) is -4.75. The zero-order valence-electron chi connectivity index (χ0n) is 13.8. The first-order chi connectivity index (χ1) is 13.1. The normalized spacial score (nSPS) is 16.6. The van der Waals surface area contributed by atoms with Gasteiger partial charge in [-0.2, -0.15) is 17.6 Å². The lowest BCUT2D eigenvalue weighted by atomic mass is 9.98. The summed E-state index contributed by atoms with van der Waals surface area (Å²) in [6, 6.07) is 5.49. The number of pyridine rings is 1. The monoisotopic (exact) mass is 406 g/mol. The predicted molar refractivity (Wildman–Crippen MR) is 83.4 cm³/mol. The van der Waals surface area contributed by atoms with E-state index in [1.807, 2.05) is 0 Å². The molecule has 1 aliphatic heterocycles. The standard InChI is InChI=1S/C17H12F6N2O3/c18-14(19)13(26)9-2-1-3-10-12(9)17(22,23)15(27)25(10)7-8-4-5-24-11(6-8)28-16(20)21/h1-6,13-14,16,26H,7H2. The summed E-state index contributed by atoms with van der Waals surface area (Å²) in [7, 11) is 0. The van der Waals surface area contributed by atoms with Gasteiger partial charge in [0.05, 0.1) is 17.8 Å². The fourth-order valence-electron chi connectivity index (χ4n) is 2.94. The van der Waals surface area contributed by atoms with Crippen LogP contribution in [-0.2, 0) is 17.3 Å². The Morgan fingerprint density at radius 1 is 1.18 bits per heavy atom. The van der Waals surface area contributed by atoms with Crippen molar-refractivity contribution in [3.63, 3.8) is 0 Å². The molecule has 0 saturated heterocycles. The van der Waals surface area contributed by atoms with Crippen LogP contribution in [0.1, 0.15) is 22.8 Å². The molecule has 2 heterocycles. The molecule has 0 saturated carbocycles. The van der Waals surface area contributed by atoms with Gasteiger partial charge in [-0.1, -0.05) is 12.1 Å². The first-order valence-corrected chi connectivity index (χ1v) is 7.82. The minimum Gasteiger partial charge on any atom is -0.417 e. The molecule has 2 aromatic rings. The lowest BCUT2D eigenvalue weighted by Gasteiger charge is -2.18. The SMILES string of the molecule is O=C1N(Cc2ccnc(OC(F)F)c2)c2cccc(C(O)C(F)F)c2C1(F)F. The van der Waals surface area contributed by atoms with Crippen LogP contribution in [0.4, 0.5) is 32.0 Å². The van der Waals surface area contributed by atoms with Gasteiger partial charge in [0.25, 0.3) is 6.43 Å². The Hall–Kier alpha value is -2.82. The van der Waals surface area contributed by atoms with Gasteiger partial charge < -0.3 is 14.7 Å². The molecule has 1 aliphatic rings. The number of alkyl halides is 6. The summed E-state index contributed by atoms with van der Waals surface area (Å²) in [5.41, 5.74) is -1.99. The Bertz CT molecular complexity index is 893. The van der Waals surface area contributed by atoms with E-state index in [2.05, 4.69) is 9.72 Å². The number of aliphatic hydroxyl groups excluding tert-OH is 1. The molecule has 11 heteroatoms. The van der Waals surface area contributed by atoms with Crippen molar-refractivity contribution in [3.8, 4) is 5.88 Å². The second kappa shape index (κ2) is 7.30. The van der Waals surface area contributed by atoms with E-state index in [-0.39, 0.29) is 11.3 Å². The smallest absolute Gasteiger partial charge is 0.388 e. The van der Waals surface area contributed by atoms with E-state index in [0.717, 1.165) is 30.5 Å². The maximum Gasteiger partial charge on any atom is 0.388 e. The predicted octanol–water partition coefficient (Wildman–Crippen LogP) is 3.62. The lowest BCUT2D eigenvalue weighted by molar-refractivity contribution is -0.142. The molecule has 3 rings (SSSR count). The summed E-state index contributed by atoms with van der Waals surface area (Å²) in [5, 5.41) is 9.57. The molecule has 0 spiro atoms. The molecule has 1 atom stereocenters. The molecule has 1 aromatic carbocycles. The van der Waals surface area contributed by atoms with Crippen LogP contribution in [0.2, 0.25) is 0 Å². The largest absolute Gasteiger partial charge is 0.417 e. The number of rotatable bonds is 6. The van der Waals surface area contributed by atoms with Crippen molar-refractivity contribution in [2.24, 2.45) is 0 Å². The van der Waals surface area contributed by atoms with Crippen LogP contribution in [0.3, 0.4) is 0 Å². The number of nitrogens with zero attached hydrogens (tertiary/aromatic N) is 2.